The molecule has 0 saturated carbocycles. The molecule has 0 amide bonds. The lowest BCUT2D eigenvalue weighted by atomic mass is 10.2. The van der Waals surface area contributed by atoms with Crippen molar-refractivity contribution in [2.75, 3.05) is 5.73 Å². The highest BCUT2D eigenvalue weighted by molar-refractivity contribution is 9.10. The van der Waals surface area contributed by atoms with E-state index in [1.165, 1.54) is 12.1 Å². The number of aromatic nitrogens is 2. The molecule has 0 fully saturated rings. The third-order valence-corrected chi connectivity index (χ3v) is 3.54. The van der Waals surface area contributed by atoms with Gasteiger partial charge < -0.3 is 5.73 Å². The summed E-state index contributed by atoms with van der Waals surface area (Å²) < 4.78 is 16.0. The van der Waals surface area contributed by atoms with Gasteiger partial charge in [-0.05, 0) is 42.8 Å². The first-order valence-electron chi connectivity index (χ1n) is 5.76. The summed E-state index contributed by atoms with van der Waals surface area (Å²) in [5.74, 6) is 0.0377. The molecule has 3 nitrogen and oxygen atoms in total. The Bertz CT molecular complexity index is 780. The lowest BCUT2D eigenvalue weighted by Crippen LogP contribution is -2.02. The van der Waals surface area contributed by atoms with Crippen LogP contribution in [0.1, 0.15) is 5.56 Å². The highest BCUT2D eigenvalue weighted by Gasteiger charge is 2.12. The average Bonchev–Trinajstić information content (AvgIpc) is 2.65. The summed E-state index contributed by atoms with van der Waals surface area (Å²) in [5.41, 5.74) is 9.31. The van der Waals surface area contributed by atoms with E-state index >= 15 is 0 Å². The number of nitrogens with two attached hydrogens (primary N) is 1. The number of nitrogen functional groups attached to an aromatic ring is 1. The van der Waals surface area contributed by atoms with Crippen molar-refractivity contribution in [2.45, 2.75) is 6.92 Å². The zero-order valence-corrected chi connectivity index (χ0v) is 11.8. The third-order valence-electron chi connectivity index (χ3n) is 3.04. The van der Waals surface area contributed by atoms with Gasteiger partial charge in [0, 0.05) is 10.5 Å². The maximum Gasteiger partial charge on any atom is 0.205 e. The minimum Gasteiger partial charge on any atom is -0.369 e. The first-order chi connectivity index (χ1) is 9.06. The fourth-order valence-electron chi connectivity index (χ4n) is 2.19. The van der Waals surface area contributed by atoms with Crippen molar-refractivity contribution in [2.24, 2.45) is 0 Å². The Labute approximate surface area is 118 Å². The van der Waals surface area contributed by atoms with Crippen LogP contribution in [-0.4, -0.2) is 9.55 Å². The predicted molar refractivity (Wildman–Crippen MR) is 77.9 cm³/mol. The highest BCUT2D eigenvalue weighted by atomic mass is 79.9. The zero-order valence-electron chi connectivity index (χ0n) is 10.2. The Kier molecular flexibility index (Phi) is 2.78. The number of rotatable bonds is 1. The molecule has 1 heterocycles. The van der Waals surface area contributed by atoms with E-state index in [9.17, 15) is 4.39 Å². The minimum absolute atomic E-state index is 0.315. The van der Waals surface area contributed by atoms with Gasteiger partial charge in [-0.3, -0.25) is 4.57 Å². The van der Waals surface area contributed by atoms with Gasteiger partial charge in [-0.1, -0.05) is 15.9 Å². The van der Waals surface area contributed by atoms with E-state index in [-0.39, 0.29) is 5.82 Å². The van der Waals surface area contributed by atoms with Gasteiger partial charge in [0.15, 0.2) is 0 Å². The van der Waals surface area contributed by atoms with Gasteiger partial charge in [0.25, 0.3) is 0 Å². The summed E-state index contributed by atoms with van der Waals surface area (Å²) >= 11 is 3.43. The van der Waals surface area contributed by atoms with E-state index in [2.05, 4.69) is 20.9 Å². The van der Waals surface area contributed by atoms with Crippen LogP contribution in [0.4, 0.5) is 10.3 Å². The van der Waals surface area contributed by atoms with Gasteiger partial charge in [-0.25, -0.2) is 9.37 Å². The molecule has 2 aromatic carbocycles. The second-order valence-electron chi connectivity index (χ2n) is 4.37. The van der Waals surface area contributed by atoms with E-state index in [1.807, 2.05) is 29.7 Å². The van der Waals surface area contributed by atoms with Crippen LogP contribution in [0.25, 0.3) is 16.7 Å². The molecule has 5 heteroatoms. The largest absolute Gasteiger partial charge is 0.369 e. The SMILES string of the molecule is Cc1cc(Br)ccc1-n1c(N)nc2cc(F)ccc21. The van der Waals surface area contributed by atoms with Gasteiger partial charge in [0.05, 0.1) is 16.7 Å². The Morgan fingerprint density at radius 2 is 2.00 bits per heavy atom. The number of hydrogen-bond acceptors (Lipinski definition) is 2. The van der Waals surface area contributed by atoms with Crippen molar-refractivity contribution >= 4 is 32.9 Å². The summed E-state index contributed by atoms with van der Waals surface area (Å²) in [7, 11) is 0. The maximum absolute atomic E-state index is 13.2. The van der Waals surface area contributed by atoms with E-state index in [1.54, 1.807) is 6.07 Å². The molecule has 0 atom stereocenters. The molecule has 2 N–H and O–H groups in total. The lowest BCUT2D eigenvalue weighted by molar-refractivity contribution is 0.629. The van der Waals surface area contributed by atoms with Crippen LogP contribution in [0.3, 0.4) is 0 Å². The van der Waals surface area contributed by atoms with Crippen LogP contribution in [-0.2, 0) is 0 Å². The van der Waals surface area contributed by atoms with E-state index < -0.39 is 0 Å². The van der Waals surface area contributed by atoms with Crippen molar-refractivity contribution in [3.63, 3.8) is 0 Å². The van der Waals surface area contributed by atoms with Crippen LogP contribution < -0.4 is 5.73 Å². The summed E-state index contributed by atoms with van der Waals surface area (Å²) in [6.07, 6.45) is 0. The normalized spacial score (nSPS) is 11.1. The van der Waals surface area contributed by atoms with Crippen LogP contribution in [0, 0.1) is 12.7 Å². The quantitative estimate of drug-likeness (QED) is 0.741. The van der Waals surface area contributed by atoms with Gasteiger partial charge in [0.2, 0.25) is 5.95 Å². The number of hydrogen-bond donors (Lipinski definition) is 1. The number of halogens is 2. The number of benzene rings is 2. The average molecular weight is 320 g/mol. The molecule has 0 aliphatic rings. The number of fused-ring (bicyclic) bond motifs is 1. The summed E-state index contributed by atoms with van der Waals surface area (Å²) in [6.45, 7) is 1.99. The second-order valence-corrected chi connectivity index (χ2v) is 5.28. The number of anilines is 1. The zero-order chi connectivity index (χ0) is 13.6. The Hall–Kier alpha value is -1.88. The summed E-state index contributed by atoms with van der Waals surface area (Å²) in [6, 6.07) is 10.4. The smallest absolute Gasteiger partial charge is 0.205 e. The molecule has 0 unspecified atom stereocenters. The summed E-state index contributed by atoms with van der Waals surface area (Å²) in [5, 5.41) is 0. The predicted octanol–water partition coefficient (Wildman–Crippen LogP) is 3.82. The number of imidazole rings is 1. The molecule has 1 aromatic heterocycles. The fourth-order valence-corrected chi connectivity index (χ4v) is 2.67. The monoisotopic (exact) mass is 319 g/mol. The van der Waals surface area contributed by atoms with Crippen LogP contribution in [0.15, 0.2) is 40.9 Å². The van der Waals surface area contributed by atoms with Crippen molar-refractivity contribution < 1.29 is 4.39 Å². The van der Waals surface area contributed by atoms with Crippen molar-refractivity contribution in [1.29, 1.82) is 0 Å². The molecule has 96 valence electrons. The van der Waals surface area contributed by atoms with Crippen molar-refractivity contribution in [1.82, 2.24) is 9.55 Å². The minimum atomic E-state index is -0.315. The summed E-state index contributed by atoms with van der Waals surface area (Å²) in [4.78, 5) is 4.20. The standard InChI is InChI=1S/C14H11BrFN3/c1-8-6-9(15)2-4-12(8)19-13-5-3-10(16)7-11(13)18-14(19)17/h2-7H,1H3,(H2,17,18). The molecular weight excluding hydrogens is 309 g/mol. The molecule has 0 radical (unpaired) electrons. The number of nitrogens with zero attached hydrogens (tertiary/aromatic N) is 2. The molecular formula is C14H11BrFN3. The Balaban J connectivity index is 2.33. The lowest BCUT2D eigenvalue weighted by Gasteiger charge is -2.10. The van der Waals surface area contributed by atoms with Crippen LogP contribution >= 0.6 is 15.9 Å². The van der Waals surface area contributed by atoms with Crippen molar-refractivity contribution in [3.05, 3.63) is 52.3 Å². The Morgan fingerprint density at radius 1 is 1.21 bits per heavy atom. The Morgan fingerprint density at radius 3 is 2.74 bits per heavy atom. The molecule has 0 aliphatic carbocycles. The molecule has 19 heavy (non-hydrogen) atoms. The van der Waals surface area contributed by atoms with Crippen LogP contribution in [0.5, 0.6) is 0 Å². The molecule has 3 aromatic rings. The maximum atomic E-state index is 13.2. The van der Waals surface area contributed by atoms with Crippen molar-refractivity contribution in [3.8, 4) is 5.69 Å². The molecule has 0 bridgehead atoms. The van der Waals surface area contributed by atoms with E-state index in [4.69, 9.17) is 5.73 Å². The van der Waals surface area contributed by atoms with E-state index in [0.29, 0.717) is 11.5 Å². The van der Waals surface area contributed by atoms with Gasteiger partial charge >= 0.3 is 0 Å². The first kappa shape index (κ1) is 12.2. The topological polar surface area (TPSA) is 43.8 Å². The second kappa shape index (κ2) is 4.35. The number of aryl methyl sites for hydroxylation is 1. The molecule has 0 aliphatic heterocycles. The third kappa shape index (κ3) is 2.00. The van der Waals surface area contributed by atoms with Crippen LogP contribution in [0.2, 0.25) is 0 Å². The molecule has 0 saturated heterocycles. The van der Waals surface area contributed by atoms with E-state index in [0.717, 1.165) is 21.2 Å². The molecule has 3 rings (SSSR count). The molecule has 0 spiro atoms. The highest BCUT2D eigenvalue weighted by Crippen LogP contribution is 2.27. The van der Waals surface area contributed by atoms with Gasteiger partial charge in [0.1, 0.15) is 5.82 Å². The first-order valence-corrected chi connectivity index (χ1v) is 6.55. The van der Waals surface area contributed by atoms with Gasteiger partial charge in [-0.2, -0.15) is 0 Å². The fraction of sp³-hybridized carbons (Fsp3) is 0.0714. The van der Waals surface area contributed by atoms with Gasteiger partial charge in [-0.15, -0.1) is 0 Å².